The SMILES string of the molecule is COc1ccc(C2=N[C@](c3ccccc3)([C@]3(c4ccccc4)N=C(c4ccc(OC)cc4)OC3=O)C(=O)O2)cc1.COc1ccc(C2=N[C@](c3ccccc3)([C@]3(c4ccccc4)N=C(c4ccc(OC)cc4)OC3=O)C(=O)O2)cc1. The van der Waals surface area contributed by atoms with Gasteiger partial charge in [-0.15, -0.1) is 0 Å². The highest BCUT2D eigenvalue weighted by atomic mass is 16.6. The molecule has 8 aromatic carbocycles. The van der Waals surface area contributed by atoms with E-state index >= 15 is 0 Å². The topological polar surface area (TPSA) is 192 Å². The maximum Gasteiger partial charge on any atom is 0.349 e. The second-order valence-electron chi connectivity index (χ2n) is 18.4. The molecule has 0 N–H and O–H groups in total. The molecule has 4 aliphatic heterocycles. The third-order valence-corrected chi connectivity index (χ3v) is 14.2. The first-order valence-electron chi connectivity index (χ1n) is 25.1. The van der Waals surface area contributed by atoms with Crippen molar-refractivity contribution in [3.8, 4) is 23.0 Å². The molecule has 0 fully saturated rings. The monoisotopic (exact) mass is 1060 g/mol. The van der Waals surface area contributed by atoms with E-state index in [-0.39, 0.29) is 23.6 Å². The molecule has 0 saturated heterocycles. The molecule has 4 aliphatic rings. The predicted molar refractivity (Wildman–Crippen MR) is 295 cm³/mol. The lowest BCUT2D eigenvalue weighted by Crippen LogP contribution is -2.54. The number of benzene rings is 8. The van der Waals surface area contributed by atoms with Crippen molar-refractivity contribution in [1.29, 1.82) is 0 Å². The van der Waals surface area contributed by atoms with Gasteiger partial charge in [0.2, 0.25) is 45.7 Å². The Hall–Kier alpha value is -10.5. The number of hydrogen-bond donors (Lipinski definition) is 0. The lowest BCUT2D eigenvalue weighted by atomic mass is 9.69. The van der Waals surface area contributed by atoms with Crippen LogP contribution in [0.2, 0.25) is 0 Å². The minimum absolute atomic E-state index is 0.0627. The van der Waals surface area contributed by atoms with Crippen LogP contribution in [-0.4, -0.2) is 75.9 Å². The van der Waals surface area contributed by atoms with Gasteiger partial charge in [0, 0.05) is 22.3 Å². The summed E-state index contributed by atoms with van der Waals surface area (Å²) in [6.45, 7) is 0. The number of rotatable bonds is 14. The van der Waals surface area contributed by atoms with Gasteiger partial charge in [0.25, 0.3) is 0 Å². The van der Waals surface area contributed by atoms with Gasteiger partial charge in [0.05, 0.1) is 28.4 Å². The Bertz CT molecular complexity index is 3270. The number of carbonyl (C=O) groups is 4. The fourth-order valence-electron chi connectivity index (χ4n) is 10.2. The quantitative estimate of drug-likeness (QED) is 0.0741. The molecule has 12 rings (SSSR count). The zero-order valence-corrected chi connectivity index (χ0v) is 43.5. The van der Waals surface area contributed by atoms with Gasteiger partial charge in [-0.05, 0) is 119 Å². The highest BCUT2D eigenvalue weighted by Gasteiger charge is 2.72. The van der Waals surface area contributed by atoms with Crippen LogP contribution >= 0.6 is 0 Å². The van der Waals surface area contributed by atoms with Crippen LogP contribution in [0.5, 0.6) is 23.0 Å². The molecule has 0 amide bonds. The van der Waals surface area contributed by atoms with Gasteiger partial charge in [-0.25, -0.2) is 39.1 Å². The molecule has 0 bridgehead atoms. The van der Waals surface area contributed by atoms with Crippen molar-refractivity contribution in [3.05, 3.63) is 263 Å². The maximum absolute atomic E-state index is 14.2. The Morgan fingerprint density at radius 2 is 0.438 bits per heavy atom. The molecule has 4 heterocycles. The standard InChI is InChI=1S/2C32H24N2O6/c2*1-37-25-17-13-21(14-18-25)27-33-31(29(35)39-27,23-9-5-3-6-10-23)32(24-11-7-4-8-12-24)30(36)40-28(34-32)22-15-19-26(38-2)20-16-22/h2*3-20H,1-2H3/t2*31-,32+. The van der Waals surface area contributed by atoms with Crippen LogP contribution in [0, 0.1) is 0 Å². The number of esters is 4. The Morgan fingerprint density at radius 1 is 0.263 bits per heavy atom. The largest absolute Gasteiger partial charge is 0.497 e. The van der Waals surface area contributed by atoms with Crippen LogP contribution in [0.3, 0.4) is 0 Å². The van der Waals surface area contributed by atoms with E-state index in [0.717, 1.165) is 0 Å². The zero-order valence-electron chi connectivity index (χ0n) is 43.5. The molecule has 4 atom stereocenters. The number of ether oxygens (including phenoxy) is 8. The van der Waals surface area contributed by atoms with Gasteiger partial charge in [-0.3, -0.25) is 0 Å². The second kappa shape index (κ2) is 21.2. The molecule has 0 saturated carbocycles. The Labute approximate surface area is 459 Å². The van der Waals surface area contributed by atoms with E-state index in [1.807, 2.05) is 24.3 Å². The Morgan fingerprint density at radius 3 is 0.600 bits per heavy atom. The van der Waals surface area contributed by atoms with E-state index in [1.165, 1.54) is 0 Å². The zero-order chi connectivity index (χ0) is 55.5. The highest BCUT2D eigenvalue weighted by molar-refractivity contribution is 6.17. The van der Waals surface area contributed by atoms with Crippen molar-refractivity contribution in [2.24, 2.45) is 20.0 Å². The van der Waals surface area contributed by atoms with E-state index < -0.39 is 46.0 Å². The lowest BCUT2D eigenvalue weighted by Gasteiger charge is -2.36. The Kier molecular flexibility index (Phi) is 13.6. The molecule has 0 spiro atoms. The minimum Gasteiger partial charge on any atom is -0.497 e. The lowest BCUT2D eigenvalue weighted by molar-refractivity contribution is -0.152. The molecule has 80 heavy (non-hydrogen) atoms. The summed E-state index contributed by atoms with van der Waals surface area (Å²) < 4.78 is 44.5. The molecule has 16 nitrogen and oxygen atoms in total. The first-order valence-corrected chi connectivity index (χ1v) is 25.1. The van der Waals surface area contributed by atoms with Crippen molar-refractivity contribution >= 4 is 47.5 Å². The van der Waals surface area contributed by atoms with Gasteiger partial charge >= 0.3 is 23.9 Å². The average Bonchev–Trinajstić information content (AvgIpc) is 4.15. The summed E-state index contributed by atoms with van der Waals surface area (Å²) in [6, 6.07) is 63.2. The Balaban J connectivity index is 0.000000169. The van der Waals surface area contributed by atoms with Gasteiger partial charge in [-0.2, -0.15) is 0 Å². The van der Waals surface area contributed by atoms with E-state index in [2.05, 4.69) is 0 Å². The molecule has 396 valence electrons. The number of aliphatic imine (C=N–C) groups is 4. The van der Waals surface area contributed by atoms with Gasteiger partial charge in [0.1, 0.15) is 23.0 Å². The molecular formula is C64H48N4O12. The van der Waals surface area contributed by atoms with Crippen molar-refractivity contribution in [2.75, 3.05) is 28.4 Å². The first-order chi connectivity index (χ1) is 39.0. The number of carbonyl (C=O) groups excluding carboxylic acids is 4. The minimum atomic E-state index is -1.92. The summed E-state index contributed by atoms with van der Waals surface area (Å²) in [5.41, 5.74) is -3.77. The summed E-state index contributed by atoms with van der Waals surface area (Å²) in [4.78, 5) is 76.4. The molecule has 16 heteroatoms. The van der Waals surface area contributed by atoms with Crippen LogP contribution in [0.25, 0.3) is 0 Å². The molecule has 0 unspecified atom stereocenters. The third kappa shape index (κ3) is 8.50. The average molecular weight is 1070 g/mol. The van der Waals surface area contributed by atoms with E-state index in [9.17, 15) is 19.2 Å². The van der Waals surface area contributed by atoms with E-state index in [1.54, 1.807) is 223 Å². The fourth-order valence-corrected chi connectivity index (χ4v) is 10.2. The van der Waals surface area contributed by atoms with E-state index in [4.69, 9.17) is 57.9 Å². The summed E-state index contributed by atoms with van der Waals surface area (Å²) in [7, 11) is 6.26. The number of cyclic esters (lactones) is 4. The van der Waals surface area contributed by atoms with Crippen LogP contribution in [0.4, 0.5) is 0 Å². The summed E-state index contributed by atoms with van der Waals surface area (Å²) in [6.07, 6.45) is 0. The fraction of sp³-hybridized carbons (Fsp3) is 0.125. The maximum atomic E-state index is 14.2. The molecule has 0 aromatic heterocycles. The van der Waals surface area contributed by atoms with Gasteiger partial charge in [-0.1, -0.05) is 121 Å². The van der Waals surface area contributed by atoms with Crippen molar-refractivity contribution in [1.82, 2.24) is 0 Å². The molecule has 0 aliphatic carbocycles. The van der Waals surface area contributed by atoms with Crippen LogP contribution in [-0.2, 0) is 60.3 Å². The normalized spacial score (nSPS) is 21.8. The molecule has 8 aromatic rings. The highest BCUT2D eigenvalue weighted by Crippen LogP contribution is 2.55. The van der Waals surface area contributed by atoms with Crippen LogP contribution < -0.4 is 18.9 Å². The summed E-state index contributed by atoms with van der Waals surface area (Å²) >= 11 is 0. The van der Waals surface area contributed by atoms with Crippen molar-refractivity contribution in [2.45, 2.75) is 22.2 Å². The van der Waals surface area contributed by atoms with Crippen LogP contribution in [0.15, 0.2) is 238 Å². The summed E-state index contributed by atoms with van der Waals surface area (Å²) in [5.74, 6) is -0.187. The summed E-state index contributed by atoms with van der Waals surface area (Å²) in [5, 5.41) is 0. The van der Waals surface area contributed by atoms with Crippen LogP contribution in [0.1, 0.15) is 44.5 Å². The van der Waals surface area contributed by atoms with Gasteiger partial charge < -0.3 is 37.9 Å². The smallest absolute Gasteiger partial charge is 0.349 e. The predicted octanol–water partition coefficient (Wildman–Crippen LogP) is 9.60. The molecule has 0 radical (unpaired) electrons. The molecular weight excluding hydrogens is 1020 g/mol. The first kappa shape index (κ1) is 51.6. The number of nitrogens with zero attached hydrogens (tertiary/aromatic N) is 4. The second-order valence-corrected chi connectivity index (χ2v) is 18.4. The number of methoxy groups -OCH3 is 4. The van der Waals surface area contributed by atoms with Crippen molar-refractivity contribution in [3.63, 3.8) is 0 Å². The third-order valence-electron chi connectivity index (χ3n) is 14.2. The number of hydrogen-bond acceptors (Lipinski definition) is 16. The van der Waals surface area contributed by atoms with E-state index in [0.29, 0.717) is 67.5 Å². The van der Waals surface area contributed by atoms with Crippen molar-refractivity contribution < 1.29 is 57.1 Å². The van der Waals surface area contributed by atoms with Gasteiger partial charge in [0.15, 0.2) is 0 Å².